The Morgan fingerprint density at radius 3 is 2.69 bits per heavy atom. The van der Waals surface area contributed by atoms with Crippen LogP contribution in [0.1, 0.15) is 25.7 Å². The molecule has 1 aromatic heterocycles. The van der Waals surface area contributed by atoms with Crippen LogP contribution in [0.25, 0.3) is 0 Å². The number of pyridine rings is 1. The minimum Gasteiger partial charge on any atom is -0.394 e. The molecular formula is C18H25N3O4S. The van der Waals surface area contributed by atoms with E-state index in [4.69, 9.17) is 0 Å². The molecule has 1 aromatic rings. The summed E-state index contributed by atoms with van der Waals surface area (Å²) in [6.07, 6.45) is 6.11. The van der Waals surface area contributed by atoms with Crippen LogP contribution in [-0.2, 0) is 14.6 Å². The first-order valence-electron chi connectivity index (χ1n) is 9.21. The highest BCUT2D eigenvalue weighted by molar-refractivity contribution is 7.90. The van der Waals surface area contributed by atoms with E-state index in [1.165, 1.54) is 12.5 Å². The normalized spacial score (nSPS) is 31.7. The van der Waals surface area contributed by atoms with E-state index in [2.05, 4.69) is 9.88 Å². The zero-order valence-corrected chi connectivity index (χ0v) is 15.7. The molecule has 0 aliphatic carbocycles. The molecule has 3 saturated heterocycles. The molecule has 7 nitrogen and oxygen atoms in total. The highest BCUT2D eigenvalue weighted by Crippen LogP contribution is 2.42. The van der Waals surface area contributed by atoms with Gasteiger partial charge in [-0.3, -0.25) is 4.79 Å². The lowest BCUT2D eigenvalue weighted by molar-refractivity contribution is -0.150. The van der Waals surface area contributed by atoms with Crippen LogP contribution in [0.15, 0.2) is 23.2 Å². The van der Waals surface area contributed by atoms with E-state index in [0.29, 0.717) is 12.3 Å². The molecule has 26 heavy (non-hydrogen) atoms. The van der Waals surface area contributed by atoms with Gasteiger partial charge in [0.25, 0.3) is 0 Å². The number of piperidine rings is 3. The Labute approximate surface area is 153 Å². The summed E-state index contributed by atoms with van der Waals surface area (Å²) >= 11 is 0. The van der Waals surface area contributed by atoms with E-state index in [-0.39, 0.29) is 35.4 Å². The second-order valence-electron chi connectivity index (χ2n) is 7.80. The standard InChI is InChI=1S/C18H25N3O4S/c1-26(24,25)14-5-6-17(19-8-14)20-9-12-7-13(10-20)16(11-22)21-15(12)3-2-4-18(21)23/h5-6,8,12-13,15-16,22H,2-4,7,9-11H2,1H3/t12-,13+,15+,16+/m1/s1. The van der Waals surface area contributed by atoms with Gasteiger partial charge in [0.05, 0.1) is 17.5 Å². The van der Waals surface area contributed by atoms with E-state index in [9.17, 15) is 18.3 Å². The topological polar surface area (TPSA) is 90.8 Å². The SMILES string of the molecule is CS(=O)(=O)c1ccc(N2C[C@H]3C[C@@H](C2)[C@H](CO)N2C(=O)CCC[C@@H]32)nc1. The van der Waals surface area contributed by atoms with Crippen molar-refractivity contribution in [1.29, 1.82) is 0 Å². The van der Waals surface area contributed by atoms with Crippen LogP contribution in [0, 0.1) is 11.8 Å². The van der Waals surface area contributed by atoms with E-state index < -0.39 is 9.84 Å². The van der Waals surface area contributed by atoms with Crippen LogP contribution in [0.5, 0.6) is 0 Å². The summed E-state index contributed by atoms with van der Waals surface area (Å²) in [7, 11) is -3.26. The van der Waals surface area contributed by atoms with Crippen LogP contribution in [0.3, 0.4) is 0 Å². The van der Waals surface area contributed by atoms with Gasteiger partial charge in [-0.2, -0.15) is 0 Å². The van der Waals surface area contributed by atoms with Crippen LogP contribution in [0.2, 0.25) is 0 Å². The van der Waals surface area contributed by atoms with Gasteiger partial charge in [-0.25, -0.2) is 13.4 Å². The number of aliphatic hydroxyl groups excluding tert-OH is 1. The summed E-state index contributed by atoms with van der Waals surface area (Å²) in [6, 6.07) is 3.43. The van der Waals surface area contributed by atoms with Crippen molar-refractivity contribution in [3.63, 3.8) is 0 Å². The monoisotopic (exact) mass is 379 g/mol. The van der Waals surface area contributed by atoms with Gasteiger partial charge in [-0.05, 0) is 43.2 Å². The summed E-state index contributed by atoms with van der Waals surface area (Å²) in [5, 5.41) is 9.95. The van der Waals surface area contributed by atoms with Crippen LogP contribution >= 0.6 is 0 Å². The van der Waals surface area contributed by atoms with Gasteiger partial charge in [0.15, 0.2) is 9.84 Å². The van der Waals surface area contributed by atoms with Gasteiger partial charge in [0.1, 0.15) is 5.82 Å². The molecule has 3 fully saturated rings. The van der Waals surface area contributed by atoms with Crippen molar-refractivity contribution in [3.05, 3.63) is 18.3 Å². The molecule has 4 atom stereocenters. The van der Waals surface area contributed by atoms with Crippen LogP contribution < -0.4 is 4.90 Å². The molecule has 3 aliphatic heterocycles. The average Bonchev–Trinajstić information content (AvgIpc) is 2.62. The smallest absolute Gasteiger partial charge is 0.223 e. The Morgan fingerprint density at radius 2 is 2.04 bits per heavy atom. The van der Waals surface area contributed by atoms with Gasteiger partial charge in [0.2, 0.25) is 5.91 Å². The third-order valence-corrected chi connectivity index (χ3v) is 7.25. The van der Waals surface area contributed by atoms with Crippen molar-refractivity contribution in [3.8, 4) is 0 Å². The number of rotatable bonds is 3. The molecule has 142 valence electrons. The molecule has 8 heteroatoms. The molecule has 0 saturated carbocycles. The zero-order chi connectivity index (χ0) is 18.5. The maximum Gasteiger partial charge on any atom is 0.223 e. The summed E-state index contributed by atoms with van der Waals surface area (Å²) < 4.78 is 23.3. The molecule has 0 unspecified atom stereocenters. The average molecular weight is 379 g/mol. The second-order valence-corrected chi connectivity index (χ2v) is 9.81. The summed E-state index contributed by atoms with van der Waals surface area (Å²) in [5.74, 6) is 1.53. The Morgan fingerprint density at radius 1 is 1.27 bits per heavy atom. The summed E-state index contributed by atoms with van der Waals surface area (Å²) in [4.78, 5) is 21.2. The lowest BCUT2D eigenvalue weighted by atomic mass is 9.72. The Balaban J connectivity index is 1.60. The van der Waals surface area contributed by atoms with Crippen molar-refractivity contribution in [2.75, 3.05) is 30.9 Å². The predicted molar refractivity (Wildman–Crippen MR) is 96.5 cm³/mol. The van der Waals surface area contributed by atoms with Crippen molar-refractivity contribution >= 4 is 21.6 Å². The number of carbonyl (C=O) groups excluding carboxylic acids is 1. The number of aliphatic hydroxyl groups is 1. The molecule has 0 radical (unpaired) electrons. The Kier molecular flexibility index (Phi) is 4.43. The van der Waals surface area contributed by atoms with Gasteiger partial charge in [0, 0.05) is 38.0 Å². The first-order valence-corrected chi connectivity index (χ1v) is 11.1. The number of aromatic nitrogens is 1. The number of nitrogens with zero attached hydrogens (tertiary/aromatic N) is 3. The third kappa shape index (κ3) is 2.99. The largest absolute Gasteiger partial charge is 0.394 e. The van der Waals surface area contributed by atoms with Gasteiger partial charge < -0.3 is 14.9 Å². The quantitative estimate of drug-likeness (QED) is 0.831. The summed E-state index contributed by atoms with van der Waals surface area (Å²) in [5.41, 5.74) is 0. The first-order chi connectivity index (χ1) is 12.4. The van der Waals surface area contributed by atoms with E-state index in [1.54, 1.807) is 12.1 Å². The highest BCUT2D eigenvalue weighted by atomic mass is 32.2. The molecule has 1 N–H and O–H groups in total. The second kappa shape index (κ2) is 6.49. The molecule has 0 aromatic carbocycles. The maximum absolute atomic E-state index is 12.4. The fourth-order valence-corrected chi connectivity index (χ4v) is 5.53. The fourth-order valence-electron chi connectivity index (χ4n) is 4.98. The Hall–Kier alpha value is -1.67. The van der Waals surface area contributed by atoms with Crippen molar-refractivity contribution < 1.29 is 18.3 Å². The highest BCUT2D eigenvalue weighted by Gasteiger charge is 2.49. The van der Waals surface area contributed by atoms with Gasteiger partial charge in [-0.1, -0.05) is 0 Å². The van der Waals surface area contributed by atoms with E-state index >= 15 is 0 Å². The molecular weight excluding hydrogens is 354 g/mol. The predicted octanol–water partition coefficient (Wildman–Crippen LogP) is 0.683. The third-order valence-electron chi connectivity index (χ3n) is 6.16. The van der Waals surface area contributed by atoms with Crippen molar-refractivity contribution in [2.45, 2.75) is 42.7 Å². The fraction of sp³-hybridized carbons (Fsp3) is 0.667. The summed E-state index contributed by atoms with van der Waals surface area (Å²) in [6.45, 7) is 1.53. The number of fused-ring (bicyclic) bond motifs is 4. The number of carbonyl (C=O) groups is 1. The van der Waals surface area contributed by atoms with E-state index in [0.717, 1.165) is 38.2 Å². The van der Waals surface area contributed by atoms with E-state index in [1.807, 2.05) is 4.90 Å². The number of hydrogen-bond acceptors (Lipinski definition) is 6. The molecule has 2 bridgehead atoms. The lowest BCUT2D eigenvalue weighted by Gasteiger charge is -2.56. The first kappa shape index (κ1) is 17.7. The minimum absolute atomic E-state index is 0.00604. The van der Waals surface area contributed by atoms with Gasteiger partial charge >= 0.3 is 0 Å². The molecule has 4 heterocycles. The molecule has 3 aliphatic rings. The number of amides is 1. The zero-order valence-electron chi connectivity index (χ0n) is 14.9. The van der Waals surface area contributed by atoms with Crippen LogP contribution in [-0.4, -0.2) is 67.4 Å². The molecule has 0 spiro atoms. The molecule has 1 amide bonds. The van der Waals surface area contributed by atoms with Gasteiger partial charge in [-0.15, -0.1) is 0 Å². The minimum atomic E-state index is -3.26. The van der Waals surface area contributed by atoms with Crippen LogP contribution in [0.4, 0.5) is 5.82 Å². The molecule has 4 rings (SSSR count). The lowest BCUT2D eigenvalue weighted by Crippen LogP contribution is -2.66. The number of sulfone groups is 1. The van der Waals surface area contributed by atoms with Crippen molar-refractivity contribution in [1.82, 2.24) is 9.88 Å². The Bertz CT molecular complexity index is 781. The number of anilines is 1. The van der Waals surface area contributed by atoms with Crippen molar-refractivity contribution in [2.24, 2.45) is 11.8 Å². The number of hydrogen-bond donors (Lipinski definition) is 1. The maximum atomic E-state index is 12.4.